The fourth-order valence-corrected chi connectivity index (χ4v) is 5.32. The van der Waals surface area contributed by atoms with Crippen LogP contribution in [-0.4, -0.2) is 41.7 Å². The highest BCUT2D eigenvalue weighted by molar-refractivity contribution is 7.99. The number of amides is 1. The molecule has 0 heterocycles. The number of carbonyl (C=O) groups excluding carboxylic acids is 1. The summed E-state index contributed by atoms with van der Waals surface area (Å²) in [5.41, 5.74) is -0.986. The van der Waals surface area contributed by atoms with Gasteiger partial charge in [0.1, 0.15) is 0 Å². The topological polar surface area (TPSA) is 83.5 Å². The summed E-state index contributed by atoms with van der Waals surface area (Å²) < 4.78 is 30.8. The first kappa shape index (κ1) is 29.7. The molecule has 1 amide bonds. The Kier molecular flexibility index (Phi) is 18.2. The van der Waals surface area contributed by atoms with Crippen molar-refractivity contribution in [1.29, 1.82) is 0 Å². The maximum atomic E-state index is 11.8. The molecule has 0 aliphatic rings. The molecule has 0 aromatic carbocycles. The molecule has 0 unspecified atom stereocenters. The SMILES string of the molecule is CCCCCCCCCCCCCCCCSC[CH]C(=O)NC(C)(C)CS(=O)(=O)O. The summed E-state index contributed by atoms with van der Waals surface area (Å²) in [4.78, 5) is 11.8. The smallest absolute Gasteiger partial charge is 0.267 e. The van der Waals surface area contributed by atoms with Crippen LogP contribution in [0.5, 0.6) is 0 Å². The van der Waals surface area contributed by atoms with E-state index in [4.69, 9.17) is 4.55 Å². The van der Waals surface area contributed by atoms with Crippen LogP contribution in [0.25, 0.3) is 0 Å². The van der Waals surface area contributed by atoms with Gasteiger partial charge in [-0.2, -0.15) is 20.2 Å². The minimum absolute atomic E-state index is 0.294. The molecule has 0 atom stereocenters. The molecule has 0 bridgehead atoms. The summed E-state index contributed by atoms with van der Waals surface area (Å²) >= 11 is 1.72. The van der Waals surface area contributed by atoms with Crippen LogP contribution in [0.4, 0.5) is 0 Å². The number of nitrogens with one attached hydrogen (secondary N) is 1. The van der Waals surface area contributed by atoms with Gasteiger partial charge in [-0.25, -0.2) is 0 Å². The fourth-order valence-electron chi connectivity index (χ4n) is 3.49. The lowest BCUT2D eigenvalue weighted by Gasteiger charge is -2.24. The molecular weight excluding hydrogens is 418 g/mol. The van der Waals surface area contributed by atoms with E-state index in [2.05, 4.69) is 12.2 Å². The second-order valence-corrected chi connectivity index (χ2v) is 11.6. The molecule has 0 aliphatic heterocycles. The molecule has 0 saturated carbocycles. The van der Waals surface area contributed by atoms with Crippen molar-refractivity contribution in [3.05, 3.63) is 6.42 Å². The number of rotatable bonds is 21. The van der Waals surface area contributed by atoms with Crippen molar-refractivity contribution in [2.75, 3.05) is 17.3 Å². The quantitative estimate of drug-likeness (QED) is 0.156. The molecule has 179 valence electrons. The second-order valence-electron chi connectivity index (χ2n) is 8.97. The Bertz CT molecular complexity index is 521. The van der Waals surface area contributed by atoms with Crippen molar-refractivity contribution in [3.8, 4) is 0 Å². The van der Waals surface area contributed by atoms with E-state index in [0.29, 0.717) is 5.75 Å². The predicted octanol–water partition coefficient (Wildman–Crippen LogP) is 6.19. The van der Waals surface area contributed by atoms with Gasteiger partial charge in [0.05, 0.1) is 17.7 Å². The maximum absolute atomic E-state index is 11.8. The Morgan fingerprint density at radius 3 is 1.73 bits per heavy atom. The van der Waals surface area contributed by atoms with Gasteiger partial charge in [0.15, 0.2) is 0 Å². The van der Waals surface area contributed by atoms with Crippen LogP contribution in [-0.2, 0) is 14.9 Å². The lowest BCUT2D eigenvalue weighted by atomic mass is 10.0. The van der Waals surface area contributed by atoms with E-state index in [1.54, 1.807) is 32.0 Å². The molecule has 7 heteroatoms. The molecule has 0 aromatic heterocycles. The summed E-state index contributed by atoms with van der Waals surface area (Å²) in [5.74, 6) is 0.867. The highest BCUT2D eigenvalue weighted by atomic mass is 32.2. The van der Waals surface area contributed by atoms with E-state index >= 15 is 0 Å². The number of unbranched alkanes of at least 4 members (excludes halogenated alkanes) is 13. The normalized spacial score (nSPS) is 12.3. The monoisotopic (exact) mass is 464 g/mol. The second kappa shape index (κ2) is 18.3. The van der Waals surface area contributed by atoms with Gasteiger partial charge in [0.2, 0.25) is 5.91 Å². The molecule has 5 nitrogen and oxygen atoms in total. The number of hydrogen-bond donors (Lipinski definition) is 2. The third kappa shape index (κ3) is 22.4. The van der Waals surface area contributed by atoms with Crippen LogP contribution in [0, 0.1) is 6.42 Å². The van der Waals surface area contributed by atoms with E-state index in [-0.39, 0.29) is 5.91 Å². The standard InChI is InChI=1S/C23H46NO4S2/c1-4-5-6-7-8-9-10-11-12-13-14-15-16-17-19-29-20-18-22(25)24-23(2,3)21-30(26,27)28/h18H,4-17,19-21H2,1-3H3,(H,24,25)(H,26,27,28). The van der Waals surface area contributed by atoms with E-state index in [9.17, 15) is 13.2 Å². The number of thioether (sulfide) groups is 1. The van der Waals surface area contributed by atoms with E-state index < -0.39 is 21.4 Å². The van der Waals surface area contributed by atoms with Gasteiger partial charge < -0.3 is 5.32 Å². The van der Waals surface area contributed by atoms with Gasteiger partial charge in [-0.05, 0) is 26.0 Å². The largest absolute Gasteiger partial charge is 0.350 e. The molecule has 0 rings (SSSR count). The Morgan fingerprint density at radius 1 is 0.867 bits per heavy atom. The molecule has 30 heavy (non-hydrogen) atoms. The molecule has 0 saturated heterocycles. The fraction of sp³-hybridized carbons (Fsp3) is 0.913. The maximum Gasteiger partial charge on any atom is 0.267 e. The average Bonchev–Trinajstić information content (AvgIpc) is 2.61. The Morgan fingerprint density at radius 2 is 1.30 bits per heavy atom. The first-order chi connectivity index (χ1) is 14.2. The highest BCUT2D eigenvalue weighted by Crippen LogP contribution is 2.14. The zero-order valence-corrected chi connectivity index (χ0v) is 21.2. The van der Waals surface area contributed by atoms with Crippen molar-refractivity contribution in [2.24, 2.45) is 0 Å². The molecule has 2 N–H and O–H groups in total. The van der Waals surface area contributed by atoms with Gasteiger partial charge in [-0.3, -0.25) is 9.35 Å². The van der Waals surface area contributed by atoms with Crippen LogP contribution in [0.3, 0.4) is 0 Å². The zero-order chi connectivity index (χ0) is 22.7. The Hall–Kier alpha value is -0.270. The van der Waals surface area contributed by atoms with Gasteiger partial charge in [0.25, 0.3) is 10.1 Å². The van der Waals surface area contributed by atoms with Crippen LogP contribution in [0.1, 0.15) is 111 Å². The van der Waals surface area contributed by atoms with E-state index in [1.165, 1.54) is 89.9 Å². The Balaban J connectivity index is 3.37. The van der Waals surface area contributed by atoms with E-state index in [1.807, 2.05) is 0 Å². The summed E-state index contributed by atoms with van der Waals surface area (Å²) in [6.07, 6.45) is 20.5. The van der Waals surface area contributed by atoms with Crippen LogP contribution in [0.2, 0.25) is 0 Å². The summed E-state index contributed by atoms with van der Waals surface area (Å²) in [5, 5.41) is 2.62. The van der Waals surface area contributed by atoms with Crippen LogP contribution >= 0.6 is 11.8 Å². The third-order valence-corrected chi connectivity index (χ3v) is 7.10. The van der Waals surface area contributed by atoms with Crippen LogP contribution < -0.4 is 5.32 Å². The first-order valence-corrected chi connectivity index (χ1v) is 14.6. The molecule has 0 aromatic rings. The molecule has 0 aliphatic carbocycles. The number of hydrogen-bond acceptors (Lipinski definition) is 4. The van der Waals surface area contributed by atoms with Crippen molar-refractivity contribution < 1.29 is 17.8 Å². The molecular formula is C23H46NO4S2. The molecule has 0 spiro atoms. The lowest BCUT2D eigenvalue weighted by molar-refractivity contribution is -0.119. The van der Waals surface area contributed by atoms with Crippen molar-refractivity contribution in [2.45, 2.75) is 116 Å². The number of carbonyl (C=O) groups is 1. The van der Waals surface area contributed by atoms with Gasteiger partial charge in [-0.1, -0.05) is 90.4 Å². The van der Waals surface area contributed by atoms with Gasteiger partial charge in [-0.15, -0.1) is 0 Å². The van der Waals surface area contributed by atoms with Gasteiger partial charge >= 0.3 is 0 Å². The van der Waals surface area contributed by atoms with Gasteiger partial charge in [0, 0.05) is 5.75 Å². The first-order valence-electron chi connectivity index (χ1n) is 11.8. The van der Waals surface area contributed by atoms with Crippen molar-refractivity contribution in [3.63, 3.8) is 0 Å². The summed E-state index contributed by atoms with van der Waals surface area (Å²) in [6.45, 7) is 5.42. The Labute approximate surface area is 190 Å². The minimum atomic E-state index is -4.11. The summed E-state index contributed by atoms with van der Waals surface area (Å²) in [6, 6.07) is 0. The predicted molar refractivity (Wildman–Crippen MR) is 131 cm³/mol. The van der Waals surface area contributed by atoms with Crippen LogP contribution in [0.15, 0.2) is 0 Å². The van der Waals surface area contributed by atoms with Crippen molar-refractivity contribution >= 4 is 27.8 Å². The zero-order valence-electron chi connectivity index (χ0n) is 19.6. The molecule has 1 radical (unpaired) electrons. The minimum Gasteiger partial charge on any atom is -0.350 e. The average molecular weight is 465 g/mol. The highest BCUT2D eigenvalue weighted by Gasteiger charge is 2.26. The van der Waals surface area contributed by atoms with Crippen molar-refractivity contribution in [1.82, 2.24) is 5.32 Å². The molecule has 0 fully saturated rings. The summed E-state index contributed by atoms with van der Waals surface area (Å²) in [7, 11) is -4.11. The third-order valence-electron chi connectivity index (χ3n) is 5.03. The van der Waals surface area contributed by atoms with E-state index in [0.717, 1.165) is 5.75 Å². The lowest BCUT2D eigenvalue weighted by Crippen LogP contribution is -2.48.